The second-order valence-corrected chi connectivity index (χ2v) is 6.53. The topological polar surface area (TPSA) is 35.5 Å². The van der Waals surface area contributed by atoms with Gasteiger partial charge in [0.15, 0.2) is 0 Å². The lowest BCUT2D eigenvalue weighted by molar-refractivity contribution is -0.135. The van der Waals surface area contributed by atoms with Gasteiger partial charge in [0.1, 0.15) is 18.1 Å². The molecule has 0 radical (unpaired) electrons. The Hall–Kier alpha value is -3.07. The molecular formula is C23H20O3. The van der Waals surface area contributed by atoms with Gasteiger partial charge in [0.25, 0.3) is 0 Å². The standard InChI is InChI=1S/C23H20O3/c24-23(22-15-21(22)18-9-5-2-6-10-18)26-20-13-11-19(12-14-20)25-16-17-7-3-1-4-8-17/h1-14,21-22H,15-16H2. The highest BCUT2D eigenvalue weighted by Crippen LogP contribution is 2.48. The van der Waals surface area contributed by atoms with Crippen LogP contribution in [0.5, 0.6) is 11.5 Å². The van der Waals surface area contributed by atoms with Crippen LogP contribution in [0.1, 0.15) is 23.5 Å². The second kappa shape index (κ2) is 7.44. The van der Waals surface area contributed by atoms with Crippen LogP contribution in [0.2, 0.25) is 0 Å². The summed E-state index contributed by atoms with van der Waals surface area (Å²) in [6.07, 6.45) is 0.862. The third kappa shape index (κ3) is 3.94. The van der Waals surface area contributed by atoms with Crippen LogP contribution in [0.25, 0.3) is 0 Å². The fourth-order valence-electron chi connectivity index (χ4n) is 3.06. The molecule has 130 valence electrons. The maximum Gasteiger partial charge on any atom is 0.314 e. The van der Waals surface area contributed by atoms with Gasteiger partial charge in [-0.15, -0.1) is 0 Å². The quantitative estimate of drug-likeness (QED) is 0.467. The zero-order chi connectivity index (χ0) is 17.8. The van der Waals surface area contributed by atoms with E-state index in [-0.39, 0.29) is 17.8 Å². The van der Waals surface area contributed by atoms with E-state index < -0.39 is 0 Å². The summed E-state index contributed by atoms with van der Waals surface area (Å²) in [4.78, 5) is 12.3. The predicted octanol–water partition coefficient (Wildman–Crippen LogP) is 4.97. The van der Waals surface area contributed by atoms with E-state index in [0.29, 0.717) is 12.4 Å². The molecule has 3 aromatic carbocycles. The summed E-state index contributed by atoms with van der Waals surface area (Å²) < 4.78 is 11.3. The molecule has 0 heterocycles. The smallest absolute Gasteiger partial charge is 0.314 e. The number of rotatable bonds is 6. The van der Waals surface area contributed by atoms with Crippen LogP contribution in [0.4, 0.5) is 0 Å². The van der Waals surface area contributed by atoms with Crippen molar-refractivity contribution in [2.24, 2.45) is 5.92 Å². The maximum absolute atomic E-state index is 12.3. The van der Waals surface area contributed by atoms with Crippen molar-refractivity contribution >= 4 is 5.97 Å². The zero-order valence-corrected chi connectivity index (χ0v) is 14.4. The summed E-state index contributed by atoms with van der Waals surface area (Å²) in [5, 5.41) is 0. The second-order valence-electron chi connectivity index (χ2n) is 6.53. The van der Waals surface area contributed by atoms with Gasteiger partial charge in [-0.1, -0.05) is 60.7 Å². The number of carbonyl (C=O) groups is 1. The maximum atomic E-state index is 12.3. The van der Waals surface area contributed by atoms with E-state index in [9.17, 15) is 4.79 Å². The normalized spacial score (nSPS) is 18.2. The summed E-state index contributed by atoms with van der Waals surface area (Å²) in [5.41, 5.74) is 2.32. The Kier molecular flexibility index (Phi) is 4.69. The van der Waals surface area contributed by atoms with E-state index in [2.05, 4.69) is 12.1 Å². The van der Waals surface area contributed by atoms with Crippen molar-refractivity contribution in [3.8, 4) is 11.5 Å². The first kappa shape index (κ1) is 16.4. The Balaban J connectivity index is 1.30. The minimum Gasteiger partial charge on any atom is -0.489 e. The van der Waals surface area contributed by atoms with Gasteiger partial charge in [-0.25, -0.2) is 0 Å². The molecular weight excluding hydrogens is 324 g/mol. The minimum absolute atomic E-state index is 0.0357. The van der Waals surface area contributed by atoms with Crippen LogP contribution < -0.4 is 9.47 Å². The van der Waals surface area contributed by atoms with Crippen LogP contribution in [0, 0.1) is 5.92 Å². The van der Waals surface area contributed by atoms with Gasteiger partial charge < -0.3 is 9.47 Å². The van der Waals surface area contributed by atoms with Crippen molar-refractivity contribution in [2.75, 3.05) is 0 Å². The van der Waals surface area contributed by atoms with E-state index in [1.54, 1.807) is 12.1 Å². The van der Waals surface area contributed by atoms with Crippen LogP contribution in [-0.2, 0) is 11.4 Å². The van der Waals surface area contributed by atoms with E-state index in [1.807, 2.05) is 60.7 Å². The van der Waals surface area contributed by atoms with Gasteiger partial charge in [-0.3, -0.25) is 4.79 Å². The molecule has 0 saturated heterocycles. The summed E-state index contributed by atoms with van der Waals surface area (Å²) in [6, 6.07) is 27.3. The Morgan fingerprint density at radius 3 is 2.12 bits per heavy atom. The molecule has 0 N–H and O–H groups in total. The van der Waals surface area contributed by atoms with Crippen molar-refractivity contribution in [2.45, 2.75) is 18.9 Å². The third-order valence-corrected chi connectivity index (χ3v) is 4.61. The fourth-order valence-corrected chi connectivity index (χ4v) is 3.06. The number of ether oxygens (including phenoxy) is 2. The van der Waals surface area contributed by atoms with E-state index in [1.165, 1.54) is 5.56 Å². The predicted molar refractivity (Wildman–Crippen MR) is 100 cm³/mol. The highest BCUT2D eigenvalue weighted by atomic mass is 16.5. The van der Waals surface area contributed by atoms with Gasteiger partial charge in [0, 0.05) is 0 Å². The van der Waals surface area contributed by atoms with Crippen molar-refractivity contribution in [3.05, 3.63) is 96.1 Å². The zero-order valence-electron chi connectivity index (χ0n) is 14.4. The Bertz CT molecular complexity index is 857. The minimum atomic E-state index is -0.156. The molecule has 4 rings (SSSR count). The van der Waals surface area contributed by atoms with Crippen molar-refractivity contribution in [1.29, 1.82) is 0 Å². The molecule has 3 nitrogen and oxygen atoms in total. The average Bonchev–Trinajstić information content (AvgIpc) is 3.50. The molecule has 0 amide bonds. The van der Waals surface area contributed by atoms with Gasteiger partial charge in [-0.2, -0.15) is 0 Å². The largest absolute Gasteiger partial charge is 0.489 e. The fraction of sp³-hybridized carbons (Fsp3) is 0.174. The molecule has 1 fully saturated rings. The van der Waals surface area contributed by atoms with Gasteiger partial charge in [0.2, 0.25) is 0 Å². The Labute approximate surface area is 153 Å². The van der Waals surface area contributed by atoms with E-state index in [0.717, 1.165) is 17.7 Å². The highest BCUT2D eigenvalue weighted by molar-refractivity contribution is 5.79. The van der Waals surface area contributed by atoms with E-state index >= 15 is 0 Å². The Morgan fingerprint density at radius 1 is 0.808 bits per heavy atom. The van der Waals surface area contributed by atoms with Crippen LogP contribution in [0.15, 0.2) is 84.9 Å². The average molecular weight is 344 g/mol. The summed E-state index contributed by atoms with van der Waals surface area (Å²) in [6.45, 7) is 0.515. The van der Waals surface area contributed by atoms with Crippen LogP contribution in [0.3, 0.4) is 0 Å². The molecule has 3 aromatic rings. The molecule has 1 aliphatic rings. The molecule has 2 atom stereocenters. The molecule has 1 saturated carbocycles. The summed E-state index contributed by atoms with van der Waals surface area (Å²) >= 11 is 0. The molecule has 1 aliphatic carbocycles. The summed E-state index contributed by atoms with van der Waals surface area (Å²) in [7, 11) is 0. The molecule has 0 spiro atoms. The van der Waals surface area contributed by atoms with Crippen LogP contribution >= 0.6 is 0 Å². The molecule has 0 aliphatic heterocycles. The SMILES string of the molecule is O=C(Oc1ccc(OCc2ccccc2)cc1)C1CC1c1ccccc1. The van der Waals surface area contributed by atoms with Gasteiger partial charge >= 0.3 is 5.97 Å². The highest BCUT2D eigenvalue weighted by Gasteiger charge is 2.45. The lowest BCUT2D eigenvalue weighted by atomic mass is 10.1. The third-order valence-electron chi connectivity index (χ3n) is 4.61. The number of esters is 1. The van der Waals surface area contributed by atoms with Gasteiger partial charge in [-0.05, 0) is 47.7 Å². The summed E-state index contributed by atoms with van der Waals surface area (Å²) in [5.74, 6) is 1.41. The first-order chi connectivity index (χ1) is 12.8. The van der Waals surface area contributed by atoms with Crippen molar-refractivity contribution < 1.29 is 14.3 Å². The van der Waals surface area contributed by atoms with Crippen molar-refractivity contribution in [3.63, 3.8) is 0 Å². The van der Waals surface area contributed by atoms with E-state index in [4.69, 9.17) is 9.47 Å². The first-order valence-corrected chi connectivity index (χ1v) is 8.83. The number of hydrogen-bond donors (Lipinski definition) is 0. The molecule has 2 unspecified atom stereocenters. The number of hydrogen-bond acceptors (Lipinski definition) is 3. The lowest BCUT2D eigenvalue weighted by Crippen LogP contribution is -2.11. The molecule has 0 aromatic heterocycles. The number of carbonyl (C=O) groups excluding carboxylic acids is 1. The van der Waals surface area contributed by atoms with Gasteiger partial charge in [0.05, 0.1) is 5.92 Å². The van der Waals surface area contributed by atoms with Crippen LogP contribution in [-0.4, -0.2) is 5.97 Å². The molecule has 3 heteroatoms. The molecule has 26 heavy (non-hydrogen) atoms. The van der Waals surface area contributed by atoms with Crippen molar-refractivity contribution in [1.82, 2.24) is 0 Å². The lowest BCUT2D eigenvalue weighted by Gasteiger charge is -2.08. The molecule has 0 bridgehead atoms. The Morgan fingerprint density at radius 2 is 1.42 bits per heavy atom. The monoisotopic (exact) mass is 344 g/mol. The number of benzene rings is 3. The first-order valence-electron chi connectivity index (χ1n) is 8.83.